The molecule has 0 radical (unpaired) electrons. The smallest absolute Gasteiger partial charge is 0.160 e. The number of rotatable bonds is 5. The van der Waals surface area contributed by atoms with E-state index in [-0.39, 0.29) is 0 Å². The first-order chi connectivity index (χ1) is 26.8. The van der Waals surface area contributed by atoms with Gasteiger partial charge in [0.2, 0.25) is 0 Å². The molecule has 0 N–H and O–H groups in total. The first-order valence-corrected chi connectivity index (χ1v) is 18.3. The van der Waals surface area contributed by atoms with Gasteiger partial charge in [0, 0.05) is 50.2 Å². The Morgan fingerprint density at radius 3 is 1.87 bits per heavy atom. The van der Waals surface area contributed by atoms with Crippen LogP contribution in [0.15, 0.2) is 194 Å². The third-order valence-corrected chi connectivity index (χ3v) is 10.8. The molecule has 0 aliphatic heterocycles. The van der Waals surface area contributed by atoms with Crippen molar-refractivity contribution in [2.45, 2.75) is 0 Å². The number of hydrogen-bond donors (Lipinski definition) is 0. The van der Waals surface area contributed by atoms with Gasteiger partial charge in [0.25, 0.3) is 0 Å². The molecule has 0 amide bonds. The highest BCUT2D eigenvalue weighted by atomic mass is 15.0. The van der Waals surface area contributed by atoms with Crippen molar-refractivity contribution in [2.75, 3.05) is 0 Å². The lowest BCUT2D eigenvalue weighted by atomic mass is 9.98. The summed E-state index contributed by atoms with van der Waals surface area (Å²) in [6, 6.07) is 66.9. The van der Waals surface area contributed by atoms with Crippen molar-refractivity contribution in [2.24, 2.45) is 0 Å². The zero-order valence-corrected chi connectivity index (χ0v) is 29.3. The maximum Gasteiger partial charge on any atom is 0.160 e. The Kier molecular flexibility index (Phi) is 6.82. The van der Waals surface area contributed by atoms with Crippen molar-refractivity contribution >= 4 is 54.4 Å². The molecule has 0 saturated heterocycles. The Morgan fingerprint density at radius 2 is 1.02 bits per heavy atom. The predicted molar refractivity (Wildman–Crippen MR) is 225 cm³/mol. The molecule has 4 heteroatoms. The number of hydrogen-bond acceptors (Lipinski definition) is 2. The number of benzene rings is 8. The molecule has 0 spiro atoms. The van der Waals surface area contributed by atoms with Crippen LogP contribution in [0.2, 0.25) is 0 Å². The third-order valence-electron chi connectivity index (χ3n) is 10.8. The van der Waals surface area contributed by atoms with E-state index in [4.69, 9.17) is 9.97 Å². The van der Waals surface area contributed by atoms with Gasteiger partial charge in [0.15, 0.2) is 5.82 Å². The van der Waals surface area contributed by atoms with E-state index in [0.29, 0.717) is 5.82 Å². The summed E-state index contributed by atoms with van der Waals surface area (Å²) in [4.78, 5) is 10.3. The van der Waals surface area contributed by atoms with E-state index in [1.54, 1.807) is 0 Å². The molecule has 0 aliphatic carbocycles. The Hall–Kier alpha value is -7.30. The van der Waals surface area contributed by atoms with Crippen LogP contribution in [-0.4, -0.2) is 19.1 Å². The largest absolute Gasteiger partial charge is 0.317 e. The minimum absolute atomic E-state index is 0.708. The van der Waals surface area contributed by atoms with Gasteiger partial charge in [0.1, 0.15) is 0 Å². The second kappa shape index (κ2) is 12.1. The number of para-hydroxylation sites is 3. The van der Waals surface area contributed by atoms with E-state index in [2.05, 4.69) is 197 Å². The van der Waals surface area contributed by atoms with E-state index >= 15 is 0 Å². The van der Waals surface area contributed by atoms with Crippen LogP contribution < -0.4 is 0 Å². The summed E-state index contributed by atoms with van der Waals surface area (Å²) >= 11 is 0. The summed E-state index contributed by atoms with van der Waals surface area (Å²) in [5, 5.41) is 7.26. The topological polar surface area (TPSA) is 35.6 Å². The SMILES string of the molecule is c1ccc(-n2ccc3c4c5ccccc5n(-c5ccc(-c6nc(-c7ccc(-c8ccc9ccccc9c8)cc7)c7ccccc7n6)cc5)c4ccc32)cc1. The Bertz CT molecular complexity index is 3190. The lowest BCUT2D eigenvalue weighted by Crippen LogP contribution is -1.97. The summed E-state index contributed by atoms with van der Waals surface area (Å²) in [7, 11) is 0. The van der Waals surface area contributed by atoms with Crippen molar-refractivity contribution in [3.63, 3.8) is 0 Å². The highest BCUT2D eigenvalue weighted by Crippen LogP contribution is 2.38. The summed E-state index contributed by atoms with van der Waals surface area (Å²) in [6.07, 6.45) is 2.18. The van der Waals surface area contributed by atoms with E-state index < -0.39 is 0 Å². The number of nitrogens with zero attached hydrogens (tertiary/aromatic N) is 4. The molecule has 8 aromatic carbocycles. The first-order valence-electron chi connectivity index (χ1n) is 18.3. The minimum Gasteiger partial charge on any atom is -0.317 e. The highest BCUT2D eigenvalue weighted by Gasteiger charge is 2.17. The fraction of sp³-hybridized carbons (Fsp3) is 0. The van der Waals surface area contributed by atoms with Crippen LogP contribution in [0.25, 0.3) is 99.5 Å². The zero-order chi connectivity index (χ0) is 35.6. The van der Waals surface area contributed by atoms with Gasteiger partial charge in [0.05, 0.1) is 27.8 Å². The number of fused-ring (bicyclic) bond motifs is 7. The van der Waals surface area contributed by atoms with Crippen LogP contribution in [0.4, 0.5) is 0 Å². The molecule has 3 heterocycles. The molecule has 4 nitrogen and oxygen atoms in total. The molecule has 0 saturated carbocycles. The third kappa shape index (κ3) is 4.85. The van der Waals surface area contributed by atoms with Crippen LogP contribution in [0.5, 0.6) is 0 Å². The van der Waals surface area contributed by atoms with Crippen LogP contribution in [0.3, 0.4) is 0 Å². The molecule has 0 aliphatic rings. The molecular weight excluding hydrogens is 657 g/mol. The molecule has 3 aromatic heterocycles. The van der Waals surface area contributed by atoms with Crippen molar-refractivity contribution in [1.29, 1.82) is 0 Å². The second-order valence-electron chi connectivity index (χ2n) is 13.9. The van der Waals surface area contributed by atoms with Gasteiger partial charge < -0.3 is 9.13 Å². The molecular formula is C50H32N4. The first kappa shape index (κ1) is 30.3. The molecule has 0 fully saturated rings. The quantitative estimate of drug-likeness (QED) is 0.180. The highest BCUT2D eigenvalue weighted by molar-refractivity contribution is 6.21. The predicted octanol–water partition coefficient (Wildman–Crippen LogP) is 12.8. The van der Waals surface area contributed by atoms with Gasteiger partial charge in [-0.3, -0.25) is 0 Å². The molecule has 0 atom stereocenters. The van der Waals surface area contributed by atoms with Crippen molar-refractivity contribution in [3.05, 3.63) is 194 Å². The summed E-state index contributed by atoms with van der Waals surface area (Å²) in [5.41, 5.74) is 12.1. The average Bonchev–Trinajstić information content (AvgIpc) is 3.83. The maximum atomic E-state index is 5.22. The Labute approximate surface area is 311 Å². The molecule has 0 unspecified atom stereocenters. The Morgan fingerprint density at radius 1 is 0.370 bits per heavy atom. The molecule has 0 bridgehead atoms. The normalized spacial score (nSPS) is 11.7. The summed E-state index contributed by atoms with van der Waals surface area (Å²) < 4.78 is 4.64. The zero-order valence-electron chi connectivity index (χ0n) is 29.3. The van der Waals surface area contributed by atoms with Crippen LogP contribution in [0.1, 0.15) is 0 Å². The van der Waals surface area contributed by atoms with E-state index in [1.165, 1.54) is 54.6 Å². The standard InChI is InChI=1S/C50H32N4/c1-2-12-39(13-3-1)53-31-30-43-45(53)28-29-47-48(43)42-15-7-9-17-46(42)54(47)40-26-24-36(25-27-40)50-51-44-16-8-6-14-41(44)49(52-50)35-21-18-34(19-22-35)38-23-20-33-10-4-5-11-37(33)32-38/h1-32H. The van der Waals surface area contributed by atoms with Crippen molar-refractivity contribution in [1.82, 2.24) is 19.1 Å². The van der Waals surface area contributed by atoms with Crippen LogP contribution in [-0.2, 0) is 0 Å². The van der Waals surface area contributed by atoms with Gasteiger partial charge >= 0.3 is 0 Å². The lowest BCUT2D eigenvalue weighted by molar-refractivity contribution is 1.13. The van der Waals surface area contributed by atoms with E-state index in [1.807, 2.05) is 6.07 Å². The van der Waals surface area contributed by atoms with Gasteiger partial charge in [-0.2, -0.15) is 0 Å². The maximum absolute atomic E-state index is 5.22. The van der Waals surface area contributed by atoms with Gasteiger partial charge in [-0.25, -0.2) is 9.97 Å². The monoisotopic (exact) mass is 688 g/mol. The van der Waals surface area contributed by atoms with Crippen LogP contribution in [0, 0.1) is 0 Å². The van der Waals surface area contributed by atoms with Crippen molar-refractivity contribution < 1.29 is 0 Å². The fourth-order valence-corrected chi connectivity index (χ4v) is 8.15. The van der Waals surface area contributed by atoms with Gasteiger partial charge in [-0.1, -0.05) is 115 Å². The Balaban J connectivity index is 0.990. The van der Waals surface area contributed by atoms with Gasteiger partial charge in [-0.05, 0) is 94.7 Å². The molecule has 11 aromatic rings. The molecule has 11 rings (SSSR count). The van der Waals surface area contributed by atoms with Gasteiger partial charge in [-0.15, -0.1) is 0 Å². The lowest BCUT2D eigenvalue weighted by Gasteiger charge is -2.12. The fourth-order valence-electron chi connectivity index (χ4n) is 8.15. The van der Waals surface area contributed by atoms with E-state index in [9.17, 15) is 0 Å². The number of aromatic nitrogens is 4. The van der Waals surface area contributed by atoms with Crippen molar-refractivity contribution in [3.8, 4) is 45.1 Å². The average molecular weight is 689 g/mol. The second-order valence-corrected chi connectivity index (χ2v) is 13.9. The summed E-state index contributed by atoms with van der Waals surface area (Å²) in [6.45, 7) is 0. The summed E-state index contributed by atoms with van der Waals surface area (Å²) in [5.74, 6) is 0.708. The van der Waals surface area contributed by atoms with Crippen LogP contribution >= 0.6 is 0 Å². The molecule has 54 heavy (non-hydrogen) atoms. The minimum atomic E-state index is 0.708. The molecule has 252 valence electrons. The van der Waals surface area contributed by atoms with E-state index in [0.717, 1.165) is 39.1 Å².